The molecule has 1 aliphatic heterocycles. The van der Waals surface area contributed by atoms with Crippen molar-refractivity contribution in [2.75, 3.05) is 18.0 Å². The molecule has 0 bridgehead atoms. The number of nitrogens with zero attached hydrogens (tertiary/aromatic N) is 5. The highest BCUT2D eigenvalue weighted by atomic mass is 35.5. The summed E-state index contributed by atoms with van der Waals surface area (Å²) in [6.45, 7) is 6.74. The minimum atomic E-state index is -0.249. The summed E-state index contributed by atoms with van der Waals surface area (Å²) in [5, 5.41) is 0.410. The molecule has 0 radical (unpaired) electrons. The molecule has 29 heavy (non-hydrogen) atoms. The van der Waals surface area contributed by atoms with E-state index in [1.165, 1.54) is 17.3 Å². The van der Waals surface area contributed by atoms with Crippen molar-refractivity contribution in [1.82, 2.24) is 19.9 Å². The van der Waals surface area contributed by atoms with Gasteiger partial charge in [0.1, 0.15) is 0 Å². The predicted octanol–water partition coefficient (Wildman–Crippen LogP) is 3.56. The summed E-state index contributed by atoms with van der Waals surface area (Å²) in [6, 6.07) is 3.57. The summed E-state index contributed by atoms with van der Waals surface area (Å²) in [5.41, 5.74) is 1.88. The lowest BCUT2D eigenvalue weighted by Crippen LogP contribution is -2.42. The number of hydrogen-bond acceptors (Lipinski definition) is 5. The molecule has 0 aromatic carbocycles. The normalized spacial score (nSPS) is 17.7. The summed E-state index contributed by atoms with van der Waals surface area (Å²) in [6.07, 6.45) is 6.66. The molecule has 2 atom stereocenters. The maximum absolute atomic E-state index is 13.1. The van der Waals surface area contributed by atoms with E-state index in [4.69, 9.17) is 11.6 Å². The van der Waals surface area contributed by atoms with Crippen molar-refractivity contribution in [3.63, 3.8) is 0 Å². The number of halogens is 1. The number of aromatic nitrogens is 3. The Bertz CT molecular complexity index is 874. The first-order valence-electron chi connectivity index (χ1n) is 9.94. The summed E-state index contributed by atoms with van der Waals surface area (Å²) < 4.78 is 0. The minimum absolute atomic E-state index is 0.0359. The van der Waals surface area contributed by atoms with E-state index in [2.05, 4.69) is 35.7 Å². The van der Waals surface area contributed by atoms with Gasteiger partial charge in [0, 0.05) is 11.9 Å². The fourth-order valence-corrected chi connectivity index (χ4v) is 3.61. The van der Waals surface area contributed by atoms with Gasteiger partial charge in [-0.2, -0.15) is 0 Å². The smallest absolute Gasteiger partial charge is 0.312 e. The van der Waals surface area contributed by atoms with Gasteiger partial charge in [0.2, 0.25) is 5.95 Å². The van der Waals surface area contributed by atoms with Crippen LogP contribution in [0.1, 0.15) is 38.4 Å². The Morgan fingerprint density at radius 2 is 2.00 bits per heavy atom. The highest BCUT2D eigenvalue weighted by Gasteiger charge is 2.42. The van der Waals surface area contributed by atoms with E-state index in [9.17, 15) is 9.59 Å². The third kappa shape index (κ3) is 4.90. The van der Waals surface area contributed by atoms with E-state index in [-0.39, 0.29) is 36.7 Å². The van der Waals surface area contributed by atoms with Crippen molar-refractivity contribution < 1.29 is 9.59 Å². The number of carbonyl (C=O) groups is 2. The van der Waals surface area contributed by atoms with Crippen molar-refractivity contribution in [1.29, 1.82) is 0 Å². The highest BCUT2D eigenvalue weighted by molar-refractivity contribution is 6.30. The van der Waals surface area contributed by atoms with E-state index in [1.807, 2.05) is 12.1 Å². The first-order valence-corrected chi connectivity index (χ1v) is 10.3. The monoisotopic (exact) mass is 415 g/mol. The van der Waals surface area contributed by atoms with Gasteiger partial charge in [-0.1, -0.05) is 38.8 Å². The lowest BCUT2D eigenvalue weighted by atomic mass is 9.98. The molecule has 0 saturated carbocycles. The Balaban J connectivity index is 1.76. The topological polar surface area (TPSA) is 79.3 Å². The molecule has 1 aliphatic rings. The van der Waals surface area contributed by atoms with Crippen LogP contribution in [0.25, 0.3) is 0 Å². The van der Waals surface area contributed by atoms with Crippen molar-refractivity contribution in [3.8, 4) is 0 Å². The second-order valence-electron chi connectivity index (χ2n) is 7.40. The molecule has 8 heteroatoms. The third-order valence-corrected chi connectivity index (χ3v) is 5.60. The molecule has 0 N–H and O–H groups in total. The largest absolute Gasteiger partial charge is 0.327 e. The van der Waals surface area contributed by atoms with Gasteiger partial charge in [0.05, 0.1) is 43.0 Å². The fraction of sp³-hybridized carbons (Fsp3) is 0.476. The Labute approximate surface area is 176 Å². The van der Waals surface area contributed by atoms with Gasteiger partial charge in [0.15, 0.2) is 5.78 Å². The predicted molar refractivity (Wildman–Crippen MR) is 112 cm³/mol. The standard InChI is InChI=1S/C21H26ClN5O2/c1-4-14(3)19-13-27(20-24-10-16(22)11-25-20)21(29)26(19)12-18(28)9-17-8-15(5-2)6-7-23-17/h6-8,10-11,14,19H,4-5,9,12-13H2,1-3H3/t14-,19+/m0/s1. The zero-order valence-electron chi connectivity index (χ0n) is 17.0. The summed E-state index contributed by atoms with van der Waals surface area (Å²) in [5.74, 6) is 0.511. The zero-order valence-corrected chi connectivity index (χ0v) is 17.8. The van der Waals surface area contributed by atoms with Crippen molar-refractivity contribution in [2.24, 2.45) is 5.92 Å². The van der Waals surface area contributed by atoms with Gasteiger partial charge >= 0.3 is 6.03 Å². The Hall–Kier alpha value is -2.54. The van der Waals surface area contributed by atoms with Gasteiger partial charge in [-0.25, -0.2) is 14.8 Å². The fourth-order valence-electron chi connectivity index (χ4n) is 3.51. The maximum atomic E-state index is 13.1. The first kappa shape index (κ1) is 21.2. The van der Waals surface area contributed by atoms with Gasteiger partial charge in [-0.05, 0) is 30.0 Å². The van der Waals surface area contributed by atoms with Gasteiger partial charge in [-0.3, -0.25) is 14.7 Å². The number of anilines is 1. The van der Waals surface area contributed by atoms with E-state index < -0.39 is 0 Å². The molecule has 2 amide bonds. The van der Waals surface area contributed by atoms with Gasteiger partial charge in [0.25, 0.3) is 0 Å². The number of hydrogen-bond donors (Lipinski definition) is 0. The molecule has 154 valence electrons. The molecule has 1 saturated heterocycles. The van der Waals surface area contributed by atoms with Crippen LogP contribution in [0.2, 0.25) is 5.02 Å². The lowest BCUT2D eigenvalue weighted by Gasteiger charge is -2.26. The molecule has 3 rings (SSSR count). The molecule has 0 aliphatic carbocycles. The first-order chi connectivity index (χ1) is 13.9. The van der Waals surface area contributed by atoms with E-state index in [1.54, 1.807) is 11.1 Å². The van der Waals surface area contributed by atoms with Crippen LogP contribution < -0.4 is 4.90 Å². The molecule has 2 aromatic rings. The average molecular weight is 416 g/mol. The van der Waals surface area contributed by atoms with Crippen LogP contribution in [0, 0.1) is 5.92 Å². The number of urea groups is 1. The number of pyridine rings is 1. The molecule has 2 aromatic heterocycles. The van der Waals surface area contributed by atoms with Crippen LogP contribution in [0.15, 0.2) is 30.7 Å². The molecule has 0 unspecified atom stereocenters. The second kappa shape index (κ2) is 9.31. The van der Waals surface area contributed by atoms with Crippen LogP contribution in [-0.2, 0) is 17.6 Å². The maximum Gasteiger partial charge on any atom is 0.327 e. The van der Waals surface area contributed by atoms with E-state index in [0.29, 0.717) is 17.5 Å². The van der Waals surface area contributed by atoms with Crippen molar-refractivity contribution in [2.45, 2.75) is 46.1 Å². The quantitative estimate of drug-likeness (QED) is 0.658. The number of amides is 2. The Kier molecular flexibility index (Phi) is 6.79. The SMILES string of the molecule is CCc1ccnc(CC(=O)CN2C(=O)N(c3ncc(Cl)cn3)C[C@@H]2[C@@H](C)CC)c1. The van der Waals surface area contributed by atoms with Crippen LogP contribution in [0.3, 0.4) is 0 Å². The number of Topliss-reactive ketones (excluding diaryl/α,β-unsaturated/α-hetero) is 1. The van der Waals surface area contributed by atoms with Crippen LogP contribution in [0.5, 0.6) is 0 Å². The van der Waals surface area contributed by atoms with Gasteiger partial charge < -0.3 is 4.90 Å². The minimum Gasteiger partial charge on any atom is -0.312 e. The number of ketones is 1. The molecule has 0 spiro atoms. The summed E-state index contributed by atoms with van der Waals surface area (Å²) in [4.78, 5) is 41.7. The van der Waals surface area contributed by atoms with Crippen LogP contribution in [0.4, 0.5) is 10.7 Å². The third-order valence-electron chi connectivity index (χ3n) is 5.41. The molecular weight excluding hydrogens is 390 g/mol. The van der Waals surface area contributed by atoms with Crippen LogP contribution >= 0.6 is 11.6 Å². The Morgan fingerprint density at radius 3 is 2.66 bits per heavy atom. The molecule has 7 nitrogen and oxygen atoms in total. The molecule has 1 fully saturated rings. The number of rotatable bonds is 8. The lowest BCUT2D eigenvalue weighted by molar-refractivity contribution is -0.119. The average Bonchev–Trinajstić information content (AvgIpc) is 3.04. The highest BCUT2D eigenvalue weighted by Crippen LogP contribution is 2.27. The number of aryl methyl sites for hydroxylation is 1. The van der Waals surface area contributed by atoms with Crippen molar-refractivity contribution >= 4 is 29.4 Å². The zero-order chi connectivity index (χ0) is 21.0. The summed E-state index contributed by atoms with van der Waals surface area (Å²) in [7, 11) is 0. The van der Waals surface area contributed by atoms with E-state index in [0.717, 1.165) is 24.1 Å². The molecular formula is C21H26ClN5O2. The van der Waals surface area contributed by atoms with Crippen LogP contribution in [-0.4, -0.2) is 50.8 Å². The van der Waals surface area contributed by atoms with E-state index >= 15 is 0 Å². The van der Waals surface area contributed by atoms with Crippen molar-refractivity contribution in [3.05, 3.63) is 47.0 Å². The van der Waals surface area contributed by atoms with Gasteiger partial charge in [-0.15, -0.1) is 0 Å². The summed E-state index contributed by atoms with van der Waals surface area (Å²) >= 11 is 5.86. The molecule has 3 heterocycles. The number of carbonyl (C=O) groups excluding carboxylic acids is 2. The Morgan fingerprint density at radius 1 is 1.28 bits per heavy atom. The second-order valence-corrected chi connectivity index (χ2v) is 7.84.